The van der Waals surface area contributed by atoms with Gasteiger partial charge in [-0.15, -0.1) is 0 Å². The molecule has 1 saturated carbocycles. The van der Waals surface area contributed by atoms with Crippen LogP contribution >= 0.6 is 0 Å². The van der Waals surface area contributed by atoms with Crippen molar-refractivity contribution < 1.29 is 15.0 Å². The Hall–Kier alpha value is -0.610. The van der Waals surface area contributed by atoms with Crippen LogP contribution in [0.2, 0.25) is 0 Å². The minimum atomic E-state index is -0.797. The molecule has 0 amide bonds. The van der Waals surface area contributed by atoms with Crippen LogP contribution in [0.4, 0.5) is 0 Å². The maximum Gasteiger partial charge on any atom is 0.307 e. The molecule has 0 aromatic heterocycles. The lowest BCUT2D eigenvalue weighted by molar-refractivity contribution is -0.142. The number of carbonyl (C=O) groups is 1. The first-order valence-corrected chi connectivity index (χ1v) is 6.52. The van der Waals surface area contributed by atoms with Crippen LogP contribution in [0.25, 0.3) is 0 Å². The SMILES string of the molecule is CC1CCC(O)(CNC(C)C(C)C(=O)O)CC1. The van der Waals surface area contributed by atoms with E-state index in [1.807, 2.05) is 6.92 Å². The highest BCUT2D eigenvalue weighted by Gasteiger charge is 2.32. The molecule has 0 spiro atoms. The van der Waals surface area contributed by atoms with E-state index in [4.69, 9.17) is 5.11 Å². The largest absolute Gasteiger partial charge is 0.481 e. The smallest absolute Gasteiger partial charge is 0.307 e. The lowest BCUT2D eigenvalue weighted by Crippen LogP contribution is -2.48. The van der Waals surface area contributed by atoms with E-state index in [9.17, 15) is 9.90 Å². The Morgan fingerprint density at radius 2 is 1.94 bits per heavy atom. The zero-order chi connectivity index (χ0) is 13.1. The number of hydrogen-bond donors (Lipinski definition) is 3. The van der Waals surface area contributed by atoms with Crippen LogP contribution in [0.1, 0.15) is 46.5 Å². The molecule has 4 nitrogen and oxygen atoms in total. The van der Waals surface area contributed by atoms with Gasteiger partial charge in [-0.3, -0.25) is 4.79 Å². The summed E-state index contributed by atoms with van der Waals surface area (Å²) < 4.78 is 0. The predicted molar refractivity (Wildman–Crippen MR) is 66.8 cm³/mol. The first-order chi connectivity index (χ1) is 7.84. The third-order valence-corrected chi connectivity index (χ3v) is 4.10. The second-order valence-corrected chi connectivity index (χ2v) is 5.70. The van der Waals surface area contributed by atoms with Crippen molar-refractivity contribution in [3.05, 3.63) is 0 Å². The normalized spacial score (nSPS) is 33.1. The van der Waals surface area contributed by atoms with Gasteiger partial charge in [-0.25, -0.2) is 0 Å². The van der Waals surface area contributed by atoms with Gasteiger partial charge in [0.1, 0.15) is 0 Å². The van der Waals surface area contributed by atoms with Gasteiger partial charge in [-0.1, -0.05) is 13.8 Å². The van der Waals surface area contributed by atoms with E-state index in [-0.39, 0.29) is 6.04 Å². The van der Waals surface area contributed by atoms with Gasteiger partial charge in [-0.05, 0) is 38.5 Å². The summed E-state index contributed by atoms with van der Waals surface area (Å²) in [4.78, 5) is 10.8. The average molecular weight is 243 g/mol. The monoisotopic (exact) mass is 243 g/mol. The Balaban J connectivity index is 2.37. The number of hydrogen-bond acceptors (Lipinski definition) is 3. The second kappa shape index (κ2) is 5.83. The molecule has 1 aliphatic rings. The van der Waals surface area contributed by atoms with E-state index in [0.717, 1.165) is 25.7 Å². The molecule has 2 unspecified atom stereocenters. The molecule has 17 heavy (non-hydrogen) atoms. The summed E-state index contributed by atoms with van der Waals surface area (Å²) in [6, 6.07) is -0.115. The highest BCUT2D eigenvalue weighted by Crippen LogP contribution is 2.31. The van der Waals surface area contributed by atoms with Crippen LogP contribution in [0.3, 0.4) is 0 Å². The molecule has 4 heteroatoms. The highest BCUT2D eigenvalue weighted by atomic mass is 16.4. The summed E-state index contributed by atoms with van der Waals surface area (Å²) in [5.74, 6) is -0.527. The Labute approximate surface area is 103 Å². The molecule has 2 atom stereocenters. The molecular weight excluding hydrogens is 218 g/mol. The quantitative estimate of drug-likeness (QED) is 0.686. The maximum absolute atomic E-state index is 10.8. The van der Waals surface area contributed by atoms with Crippen molar-refractivity contribution in [2.45, 2.75) is 58.1 Å². The molecule has 0 saturated heterocycles. The van der Waals surface area contributed by atoms with Gasteiger partial charge in [0.15, 0.2) is 0 Å². The average Bonchev–Trinajstić information content (AvgIpc) is 2.29. The van der Waals surface area contributed by atoms with Gasteiger partial charge < -0.3 is 15.5 Å². The van der Waals surface area contributed by atoms with Crippen LogP contribution in [-0.2, 0) is 4.79 Å². The molecule has 0 aliphatic heterocycles. The van der Waals surface area contributed by atoms with E-state index in [0.29, 0.717) is 12.5 Å². The van der Waals surface area contributed by atoms with E-state index in [1.165, 1.54) is 0 Å². The third kappa shape index (κ3) is 4.28. The topological polar surface area (TPSA) is 69.6 Å². The highest BCUT2D eigenvalue weighted by molar-refractivity contribution is 5.70. The first kappa shape index (κ1) is 14.5. The molecule has 0 heterocycles. The third-order valence-electron chi connectivity index (χ3n) is 4.10. The van der Waals surface area contributed by atoms with Crippen LogP contribution in [0.5, 0.6) is 0 Å². The number of aliphatic carboxylic acids is 1. The van der Waals surface area contributed by atoms with Crippen LogP contribution in [0.15, 0.2) is 0 Å². The van der Waals surface area contributed by atoms with Gasteiger partial charge >= 0.3 is 5.97 Å². The van der Waals surface area contributed by atoms with Gasteiger partial charge in [0, 0.05) is 12.6 Å². The van der Waals surface area contributed by atoms with E-state index in [2.05, 4.69) is 12.2 Å². The van der Waals surface area contributed by atoms with E-state index >= 15 is 0 Å². The molecule has 0 aromatic rings. The molecule has 100 valence electrons. The minimum Gasteiger partial charge on any atom is -0.481 e. The Morgan fingerprint density at radius 1 is 1.41 bits per heavy atom. The second-order valence-electron chi connectivity index (χ2n) is 5.70. The van der Waals surface area contributed by atoms with Gasteiger partial charge in [0.25, 0.3) is 0 Å². The summed E-state index contributed by atoms with van der Waals surface area (Å²) in [6.07, 6.45) is 3.74. The molecular formula is C13H25NO3. The fourth-order valence-electron chi connectivity index (χ4n) is 2.22. The van der Waals surface area contributed by atoms with Crippen molar-refractivity contribution in [1.82, 2.24) is 5.32 Å². The van der Waals surface area contributed by atoms with Crippen LogP contribution in [0, 0.1) is 11.8 Å². The lowest BCUT2D eigenvalue weighted by Gasteiger charge is -2.36. The Morgan fingerprint density at radius 3 is 2.41 bits per heavy atom. The standard InChI is InChI=1S/C13H25NO3/c1-9-4-6-13(17,7-5-9)8-14-11(3)10(2)12(15)16/h9-11,14,17H,4-8H2,1-3H3,(H,15,16). The summed E-state index contributed by atoms with van der Waals surface area (Å²) in [5, 5.41) is 22.4. The molecule has 0 bridgehead atoms. The number of rotatable bonds is 5. The maximum atomic E-state index is 10.8. The first-order valence-electron chi connectivity index (χ1n) is 6.52. The number of aliphatic hydroxyl groups is 1. The predicted octanol–water partition coefficient (Wildman–Crippen LogP) is 1.63. The summed E-state index contributed by atoms with van der Waals surface area (Å²) in [7, 11) is 0. The fraction of sp³-hybridized carbons (Fsp3) is 0.923. The summed E-state index contributed by atoms with van der Waals surface area (Å²) in [6.45, 7) is 6.25. The number of carboxylic acid groups (broad SMARTS) is 1. The molecule has 0 aromatic carbocycles. The van der Waals surface area contributed by atoms with Crippen LogP contribution in [-0.4, -0.2) is 34.4 Å². The minimum absolute atomic E-state index is 0.115. The van der Waals surface area contributed by atoms with Gasteiger partial charge in [-0.2, -0.15) is 0 Å². The van der Waals surface area contributed by atoms with Crippen molar-refractivity contribution in [2.75, 3.05) is 6.54 Å². The summed E-state index contributed by atoms with van der Waals surface area (Å²) >= 11 is 0. The zero-order valence-electron chi connectivity index (χ0n) is 11.1. The molecule has 1 aliphatic carbocycles. The van der Waals surface area contributed by atoms with Gasteiger partial charge in [0.2, 0.25) is 0 Å². The van der Waals surface area contributed by atoms with Crippen molar-refractivity contribution >= 4 is 5.97 Å². The van der Waals surface area contributed by atoms with E-state index < -0.39 is 17.5 Å². The molecule has 3 N–H and O–H groups in total. The number of carboxylic acids is 1. The van der Waals surface area contributed by atoms with Crippen molar-refractivity contribution in [1.29, 1.82) is 0 Å². The molecule has 0 radical (unpaired) electrons. The molecule has 1 fully saturated rings. The van der Waals surface area contributed by atoms with Crippen molar-refractivity contribution in [3.8, 4) is 0 Å². The summed E-state index contributed by atoms with van der Waals surface area (Å²) in [5.41, 5.74) is -0.640. The van der Waals surface area contributed by atoms with Crippen LogP contribution < -0.4 is 5.32 Å². The van der Waals surface area contributed by atoms with Gasteiger partial charge in [0.05, 0.1) is 11.5 Å². The van der Waals surface area contributed by atoms with E-state index in [1.54, 1.807) is 6.92 Å². The van der Waals surface area contributed by atoms with Crippen molar-refractivity contribution in [3.63, 3.8) is 0 Å². The molecule has 1 rings (SSSR count). The Kier molecular flexibility index (Phi) is 4.95. The zero-order valence-corrected chi connectivity index (χ0v) is 11.1. The Bertz CT molecular complexity index is 259. The lowest BCUT2D eigenvalue weighted by atomic mass is 9.79. The fourth-order valence-corrected chi connectivity index (χ4v) is 2.22. The number of nitrogens with one attached hydrogen (secondary N) is 1. The van der Waals surface area contributed by atoms with Crippen molar-refractivity contribution in [2.24, 2.45) is 11.8 Å².